The summed E-state index contributed by atoms with van der Waals surface area (Å²) in [5.41, 5.74) is 8.45. The molecule has 3 aromatic heterocycles. The Morgan fingerprint density at radius 1 is 1.11 bits per heavy atom. The Bertz CT molecular complexity index is 1950. The molecule has 12 nitrogen and oxygen atoms in total. The summed E-state index contributed by atoms with van der Waals surface area (Å²) in [6.07, 6.45) is 1.48. The molecule has 1 aliphatic heterocycles. The highest BCUT2D eigenvalue weighted by molar-refractivity contribution is 6.06. The second-order valence-electron chi connectivity index (χ2n) is 10.2. The number of nitrogen functional groups attached to an aromatic ring is 1. The molecule has 1 fully saturated rings. The fourth-order valence-corrected chi connectivity index (χ4v) is 5.22. The van der Waals surface area contributed by atoms with Gasteiger partial charge < -0.3 is 26.0 Å². The third-order valence-corrected chi connectivity index (χ3v) is 7.31. The summed E-state index contributed by atoms with van der Waals surface area (Å²) in [7, 11) is 1.75. The molecule has 224 valence electrons. The number of aromatic nitrogens is 4. The molecule has 0 spiro atoms. The van der Waals surface area contributed by atoms with Crippen molar-refractivity contribution in [3.63, 3.8) is 0 Å². The number of amides is 2. The van der Waals surface area contributed by atoms with E-state index in [1.807, 2.05) is 23.1 Å². The van der Waals surface area contributed by atoms with Crippen molar-refractivity contribution >= 4 is 40.2 Å². The second kappa shape index (κ2) is 11.5. The largest absolute Gasteiger partial charge is 0.493 e. The summed E-state index contributed by atoms with van der Waals surface area (Å²) in [5.74, 6) is -0.114. The number of carbonyl (C=O) groups is 2. The zero-order chi connectivity index (χ0) is 31.0. The molecule has 0 bridgehead atoms. The lowest BCUT2D eigenvalue weighted by molar-refractivity contribution is -0.120. The maximum Gasteiger partial charge on any atom is 0.271 e. The number of anilines is 3. The van der Waals surface area contributed by atoms with Crippen molar-refractivity contribution in [3.05, 3.63) is 88.6 Å². The number of aryl methyl sites for hydroxylation is 1. The monoisotopic (exact) mass is 596 g/mol. The highest BCUT2D eigenvalue weighted by Crippen LogP contribution is 2.35. The van der Waals surface area contributed by atoms with Crippen LogP contribution in [0.3, 0.4) is 0 Å². The number of nitrogens with two attached hydrogens (primary N) is 1. The first-order valence-electron chi connectivity index (χ1n) is 13.9. The minimum Gasteiger partial charge on any atom is -0.493 e. The molecule has 1 aliphatic rings. The van der Waals surface area contributed by atoms with Crippen molar-refractivity contribution in [2.75, 3.05) is 42.2 Å². The second-order valence-corrected chi connectivity index (χ2v) is 10.2. The van der Waals surface area contributed by atoms with E-state index in [4.69, 9.17) is 15.5 Å². The van der Waals surface area contributed by atoms with Crippen molar-refractivity contribution < 1.29 is 18.7 Å². The molecule has 2 amide bonds. The molecule has 4 N–H and O–H groups in total. The minimum absolute atomic E-state index is 0.0837. The van der Waals surface area contributed by atoms with Crippen LogP contribution in [-0.2, 0) is 11.8 Å². The van der Waals surface area contributed by atoms with Gasteiger partial charge in [-0.05, 0) is 61.0 Å². The van der Waals surface area contributed by atoms with Crippen LogP contribution >= 0.6 is 0 Å². The Morgan fingerprint density at radius 2 is 1.86 bits per heavy atom. The number of hydrogen-bond donors (Lipinski definition) is 3. The fourth-order valence-electron chi connectivity index (χ4n) is 5.22. The van der Waals surface area contributed by atoms with E-state index in [2.05, 4.69) is 15.7 Å². The van der Waals surface area contributed by atoms with Crippen LogP contribution in [-0.4, -0.2) is 57.4 Å². The molecular formula is C31H29FN8O4. The summed E-state index contributed by atoms with van der Waals surface area (Å²) in [5, 5.41) is 10.6. The van der Waals surface area contributed by atoms with E-state index < -0.39 is 17.3 Å². The van der Waals surface area contributed by atoms with Crippen LogP contribution in [0.25, 0.3) is 27.8 Å². The average Bonchev–Trinajstić information content (AvgIpc) is 3.30. The van der Waals surface area contributed by atoms with Gasteiger partial charge in [0.1, 0.15) is 22.9 Å². The van der Waals surface area contributed by atoms with E-state index >= 15 is 0 Å². The normalized spacial score (nSPS) is 13.2. The smallest absolute Gasteiger partial charge is 0.271 e. The van der Waals surface area contributed by atoms with Gasteiger partial charge in [-0.25, -0.2) is 14.1 Å². The number of nitrogens with zero attached hydrogens (tertiary/aromatic N) is 5. The lowest BCUT2D eigenvalue weighted by Gasteiger charge is -2.28. The number of rotatable bonds is 7. The van der Waals surface area contributed by atoms with E-state index in [1.54, 1.807) is 30.8 Å². The van der Waals surface area contributed by atoms with Crippen molar-refractivity contribution in [1.82, 2.24) is 24.6 Å². The highest BCUT2D eigenvalue weighted by atomic mass is 19.1. The third kappa shape index (κ3) is 5.30. The Kier molecular flexibility index (Phi) is 7.43. The number of fused-ring (bicyclic) bond motifs is 1. The number of halogens is 1. The van der Waals surface area contributed by atoms with Gasteiger partial charge in [0.15, 0.2) is 11.5 Å². The Hall–Kier alpha value is -5.72. The third-order valence-electron chi connectivity index (χ3n) is 7.31. The van der Waals surface area contributed by atoms with Crippen LogP contribution < -0.4 is 31.6 Å². The number of hydrogen-bond acceptors (Lipinski definition) is 8. The molecule has 44 heavy (non-hydrogen) atoms. The molecule has 0 unspecified atom stereocenters. The number of pyridine rings is 2. The zero-order valence-corrected chi connectivity index (χ0v) is 24.0. The van der Waals surface area contributed by atoms with Crippen LogP contribution in [0.15, 0.2) is 71.7 Å². The standard InChI is InChI=1S/C31H29FN8O4/c1-3-44-23-12-14-40(21-10-6-19(32)7-11-21)31(43)27(23)30(42)35-20-8-4-18(5-9-20)22-16-24(39-15-13-34-25(41)17-39)36-29-26(22)28(33)37-38(29)2/h4-12,14,16H,3,13,15,17H2,1-2H3,(H2,33,37)(H,34,41)(H,35,42). The van der Waals surface area contributed by atoms with Gasteiger partial charge in [0.05, 0.1) is 18.5 Å². The van der Waals surface area contributed by atoms with E-state index in [0.29, 0.717) is 47.1 Å². The van der Waals surface area contributed by atoms with Crippen LogP contribution in [0.1, 0.15) is 17.3 Å². The van der Waals surface area contributed by atoms with Gasteiger partial charge >= 0.3 is 0 Å². The van der Waals surface area contributed by atoms with Crippen molar-refractivity contribution in [2.45, 2.75) is 6.92 Å². The molecule has 0 saturated carbocycles. The molecule has 0 atom stereocenters. The van der Waals surface area contributed by atoms with Gasteiger partial charge in [-0.2, -0.15) is 5.10 Å². The van der Waals surface area contributed by atoms with Crippen LogP contribution in [0.5, 0.6) is 5.75 Å². The first-order chi connectivity index (χ1) is 21.2. The quantitative estimate of drug-likeness (QED) is 0.260. The van der Waals surface area contributed by atoms with Crippen LogP contribution in [0, 0.1) is 5.82 Å². The predicted octanol–water partition coefficient (Wildman–Crippen LogP) is 3.09. The fraction of sp³-hybridized carbons (Fsp3) is 0.194. The summed E-state index contributed by atoms with van der Waals surface area (Å²) >= 11 is 0. The van der Waals surface area contributed by atoms with Gasteiger partial charge in [0.2, 0.25) is 5.91 Å². The van der Waals surface area contributed by atoms with Crippen molar-refractivity contribution in [1.29, 1.82) is 0 Å². The maximum atomic E-state index is 13.5. The lowest BCUT2D eigenvalue weighted by Crippen LogP contribution is -2.48. The SMILES string of the molecule is CCOc1ccn(-c2ccc(F)cc2)c(=O)c1C(=O)Nc1ccc(-c2cc(N3CCNC(=O)C3)nc3c2c(N)nn3C)cc1. The van der Waals surface area contributed by atoms with Gasteiger partial charge in [0, 0.05) is 43.3 Å². The molecular weight excluding hydrogens is 567 g/mol. The summed E-state index contributed by atoms with van der Waals surface area (Å²) < 4.78 is 21.9. The van der Waals surface area contributed by atoms with Gasteiger partial charge in [-0.15, -0.1) is 0 Å². The molecule has 13 heteroatoms. The molecule has 1 saturated heterocycles. The number of ether oxygens (including phenoxy) is 1. The van der Waals surface area contributed by atoms with Crippen molar-refractivity contribution in [3.8, 4) is 22.6 Å². The Balaban J connectivity index is 1.33. The van der Waals surface area contributed by atoms with E-state index in [-0.39, 0.29) is 30.4 Å². The topological polar surface area (TPSA) is 149 Å². The van der Waals surface area contributed by atoms with Crippen molar-refractivity contribution in [2.24, 2.45) is 7.05 Å². The molecule has 5 aromatic rings. The number of carbonyl (C=O) groups excluding carboxylic acids is 2. The van der Waals surface area contributed by atoms with Gasteiger partial charge in [-0.3, -0.25) is 19.0 Å². The van der Waals surface area contributed by atoms with Crippen LogP contribution in [0.2, 0.25) is 0 Å². The Morgan fingerprint density at radius 3 is 2.57 bits per heavy atom. The van der Waals surface area contributed by atoms with Gasteiger partial charge in [-0.1, -0.05) is 12.1 Å². The minimum atomic E-state index is -0.656. The van der Waals surface area contributed by atoms with E-state index in [9.17, 15) is 18.8 Å². The summed E-state index contributed by atoms with van der Waals surface area (Å²) in [6, 6.07) is 15.8. The number of benzene rings is 2. The van der Waals surface area contributed by atoms with Crippen LogP contribution in [0.4, 0.5) is 21.7 Å². The zero-order valence-electron chi connectivity index (χ0n) is 24.0. The van der Waals surface area contributed by atoms with Gasteiger partial charge in [0.25, 0.3) is 11.5 Å². The predicted molar refractivity (Wildman–Crippen MR) is 165 cm³/mol. The molecule has 4 heterocycles. The first-order valence-corrected chi connectivity index (χ1v) is 13.9. The maximum absolute atomic E-state index is 13.5. The lowest BCUT2D eigenvalue weighted by atomic mass is 10.0. The molecule has 2 aromatic carbocycles. The summed E-state index contributed by atoms with van der Waals surface area (Å²) in [4.78, 5) is 45.6. The summed E-state index contributed by atoms with van der Waals surface area (Å²) in [6.45, 7) is 3.30. The molecule has 0 radical (unpaired) electrons. The highest BCUT2D eigenvalue weighted by Gasteiger charge is 2.23. The Labute approximate surface area is 250 Å². The molecule has 6 rings (SSSR count). The number of piperazine rings is 1. The van der Waals surface area contributed by atoms with E-state index in [0.717, 1.165) is 11.1 Å². The average molecular weight is 597 g/mol. The van der Waals surface area contributed by atoms with E-state index in [1.165, 1.54) is 41.1 Å². The number of nitrogens with one attached hydrogen (secondary N) is 2. The first kappa shape index (κ1) is 28.4. The molecule has 0 aliphatic carbocycles.